The van der Waals surface area contributed by atoms with Crippen LogP contribution in [0.2, 0.25) is 0 Å². The van der Waals surface area contributed by atoms with E-state index in [-0.39, 0.29) is 6.10 Å². The Hall–Kier alpha value is -1.06. The number of nitrogens with one attached hydrogen (secondary N) is 1. The maximum atomic E-state index is 5.91. The zero-order valence-electron chi connectivity index (χ0n) is 12.2. The van der Waals surface area contributed by atoms with Crippen molar-refractivity contribution in [2.24, 2.45) is 0 Å². The van der Waals surface area contributed by atoms with Gasteiger partial charge in [-0.25, -0.2) is 0 Å². The van der Waals surface area contributed by atoms with Crippen LogP contribution >= 0.6 is 0 Å². The predicted octanol–water partition coefficient (Wildman–Crippen LogP) is 2.96. The molecule has 1 aromatic carbocycles. The molecular formula is C16H25NO2. The van der Waals surface area contributed by atoms with Crippen LogP contribution in [0, 0.1) is 0 Å². The first-order valence-electron chi connectivity index (χ1n) is 7.22. The Morgan fingerprint density at radius 3 is 2.84 bits per heavy atom. The highest BCUT2D eigenvalue weighted by molar-refractivity contribution is 5.30. The summed E-state index contributed by atoms with van der Waals surface area (Å²) in [4.78, 5) is 0. The molecule has 2 unspecified atom stereocenters. The smallest absolute Gasteiger partial charge is 0.119 e. The maximum absolute atomic E-state index is 5.91. The van der Waals surface area contributed by atoms with Gasteiger partial charge in [-0.3, -0.25) is 0 Å². The third-order valence-corrected chi connectivity index (χ3v) is 3.59. The average molecular weight is 263 g/mol. The Morgan fingerprint density at radius 1 is 1.32 bits per heavy atom. The Morgan fingerprint density at radius 2 is 2.11 bits per heavy atom. The van der Waals surface area contributed by atoms with Gasteiger partial charge in [-0.05, 0) is 43.5 Å². The lowest BCUT2D eigenvalue weighted by molar-refractivity contribution is 0.0193. The SMILES string of the molecule is CNCC1CCC(COc2cccc(C(C)C)c2)O1. The molecule has 0 spiro atoms. The minimum Gasteiger partial charge on any atom is -0.491 e. The number of likely N-dealkylation sites (N-methyl/N-ethyl adjacent to an activating group) is 1. The molecule has 19 heavy (non-hydrogen) atoms. The second-order valence-electron chi connectivity index (χ2n) is 5.55. The largest absolute Gasteiger partial charge is 0.491 e. The molecule has 106 valence electrons. The summed E-state index contributed by atoms with van der Waals surface area (Å²) in [5.41, 5.74) is 1.32. The summed E-state index contributed by atoms with van der Waals surface area (Å²) in [6.07, 6.45) is 2.80. The van der Waals surface area contributed by atoms with Crippen molar-refractivity contribution in [2.75, 3.05) is 20.2 Å². The van der Waals surface area contributed by atoms with Gasteiger partial charge in [0.25, 0.3) is 0 Å². The van der Waals surface area contributed by atoms with Crippen molar-refractivity contribution in [3.63, 3.8) is 0 Å². The van der Waals surface area contributed by atoms with Crippen molar-refractivity contribution in [3.8, 4) is 5.75 Å². The van der Waals surface area contributed by atoms with E-state index in [0.29, 0.717) is 18.6 Å². The Kier molecular flexibility index (Phi) is 5.23. The van der Waals surface area contributed by atoms with Gasteiger partial charge in [-0.1, -0.05) is 26.0 Å². The highest BCUT2D eigenvalue weighted by Gasteiger charge is 2.25. The van der Waals surface area contributed by atoms with Gasteiger partial charge < -0.3 is 14.8 Å². The van der Waals surface area contributed by atoms with E-state index in [1.54, 1.807) is 0 Å². The molecule has 0 saturated carbocycles. The van der Waals surface area contributed by atoms with E-state index >= 15 is 0 Å². The van der Waals surface area contributed by atoms with E-state index in [9.17, 15) is 0 Å². The summed E-state index contributed by atoms with van der Waals surface area (Å²) in [6.45, 7) is 5.98. The van der Waals surface area contributed by atoms with E-state index in [1.807, 2.05) is 13.1 Å². The van der Waals surface area contributed by atoms with Crippen molar-refractivity contribution in [2.45, 2.75) is 44.8 Å². The van der Waals surface area contributed by atoms with E-state index < -0.39 is 0 Å². The molecule has 2 atom stereocenters. The van der Waals surface area contributed by atoms with Gasteiger partial charge in [0.15, 0.2) is 0 Å². The third kappa shape index (κ3) is 4.22. The molecule has 0 radical (unpaired) electrons. The molecule has 1 N–H and O–H groups in total. The standard InChI is InChI=1S/C16H25NO2/c1-12(2)13-5-4-6-14(9-13)18-11-16-8-7-15(19-16)10-17-3/h4-6,9,12,15-17H,7-8,10-11H2,1-3H3. The first kappa shape index (κ1) is 14.4. The van der Waals surface area contributed by atoms with Crippen LogP contribution in [0.15, 0.2) is 24.3 Å². The monoisotopic (exact) mass is 263 g/mol. The molecular weight excluding hydrogens is 238 g/mol. The van der Waals surface area contributed by atoms with Crippen molar-refractivity contribution in [1.82, 2.24) is 5.32 Å². The second kappa shape index (κ2) is 6.92. The van der Waals surface area contributed by atoms with Gasteiger partial charge in [0.1, 0.15) is 12.4 Å². The zero-order chi connectivity index (χ0) is 13.7. The topological polar surface area (TPSA) is 30.5 Å². The van der Waals surface area contributed by atoms with Crippen LogP contribution in [-0.4, -0.2) is 32.4 Å². The van der Waals surface area contributed by atoms with E-state index in [1.165, 1.54) is 5.56 Å². The van der Waals surface area contributed by atoms with Gasteiger partial charge in [0.05, 0.1) is 12.2 Å². The van der Waals surface area contributed by atoms with Crippen LogP contribution in [0.1, 0.15) is 38.2 Å². The molecule has 1 aromatic rings. The van der Waals surface area contributed by atoms with Crippen LogP contribution in [0.4, 0.5) is 0 Å². The number of ether oxygens (including phenoxy) is 2. The lowest BCUT2D eigenvalue weighted by Gasteiger charge is -2.15. The van der Waals surface area contributed by atoms with Gasteiger partial charge in [-0.2, -0.15) is 0 Å². The van der Waals surface area contributed by atoms with Crippen LogP contribution in [0.3, 0.4) is 0 Å². The van der Waals surface area contributed by atoms with Crippen LogP contribution in [-0.2, 0) is 4.74 Å². The van der Waals surface area contributed by atoms with Gasteiger partial charge in [-0.15, -0.1) is 0 Å². The van der Waals surface area contributed by atoms with Gasteiger partial charge in [0, 0.05) is 6.54 Å². The quantitative estimate of drug-likeness (QED) is 0.856. The zero-order valence-corrected chi connectivity index (χ0v) is 12.2. The summed E-state index contributed by atoms with van der Waals surface area (Å²) in [6, 6.07) is 8.35. The minimum absolute atomic E-state index is 0.237. The van der Waals surface area contributed by atoms with Crippen LogP contribution in [0.25, 0.3) is 0 Å². The summed E-state index contributed by atoms with van der Waals surface area (Å²) in [5, 5.41) is 3.16. The predicted molar refractivity (Wildman–Crippen MR) is 77.8 cm³/mol. The summed E-state index contributed by atoms with van der Waals surface area (Å²) in [5.74, 6) is 1.48. The lowest BCUT2D eigenvalue weighted by Crippen LogP contribution is -2.25. The molecule has 0 aromatic heterocycles. The molecule has 2 rings (SSSR count). The number of hydrogen-bond donors (Lipinski definition) is 1. The van der Waals surface area contributed by atoms with E-state index in [2.05, 4.69) is 37.4 Å². The maximum Gasteiger partial charge on any atom is 0.119 e. The molecule has 1 saturated heterocycles. The Bertz CT molecular complexity index is 392. The normalized spacial score (nSPS) is 22.9. The van der Waals surface area contributed by atoms with Crippen molar-refractivity contribution in [1.29, 1.82) is 0 Å². The fourth-order valence-electron chi connectivity index (χ4n) is 2.43. The molecule has 0 amide bonds. The molecule has 0 aliphatic carbocycles. The van der Waals surface area contributed by atoms with Crippen molar-refractivity contribution >= 4 is 0 Å². The molecule has 3 nitrogen and oxygen atoms in total. The van der Waals surface area contributed by atoms with E-state index in [0.717, 1.165) is 25.1 Å². The average Bonchev–Trinajstić information content (AvgIpc) is 2.85. The highest BCUT2D eigenvalue weighted by Crippen LogP contribution is 2.23. The molecule has 1 heterocycles. The number of hydrogen-bond acceptors (Lipinski definition) is 3. The van der Waals surface area contributed by atoms with Gasteiger partial charge in [0.2, 0.25) is 0 Å². The minimum atomic E-state index is 0.237. The summed E-state index contributed by atoms with van der Waals surface area (Å²) >= 11 is 0. The first-order valence-corrected chi connectivity index (χ1v) is 7.22. The van der Waals surface area contributed by atoms with E-state index in [4.69, 9.17) is 9.47 Å². The molecule has 3 heteroatoms. The van der Waals surface area contributed by atoms with Crippen molar-refractivity contribution in [3.05, 3.63) is 29.8 Å². The summed E-state index contributed by atoms with van der Waals surface area (Å²) < 4.78 is 11.8. The second-order valence-corrected chi connectivity index (χ2v) is 5.55. The molecule has 1 aliphatic rings. The highest BCUT2D eigenvalue weighted by atomic mass is 16.5. The molecule has 1 aliphatic heterocycles. The lowest BCUT2D eigenvalue weighted by atomic mass is 10.0. The van der Waals surface area contributed by atoms with Gasteiger partial charge >= 0.3 is 0 Å². The van der Waals surface area contributed by atoms with Crippen molar-refractivity contribution < 1.29 is 9.47 Å². The first-order chi connectivity index (χ1) is 9.19. The number of rotatable bonds is 6. The fourth-order valence-corrected chi connectivity index (χ4v) is 2.43. The Balaban J connectivity index is 1.81. The third-order valence-electron chi connectivity index (χ3n) is 3.59. The number of benzene rings is 1. The summed E-state index contributed by atoms with van der Waals surface area (Å²) in [7, 11) is 1.96. The molecule has 0 bridgehead atoms. The molecule has 1 fully saturated rings. The Labute approximate surface area is 116 Å². The fraction of sp³-hybridized carbons (Fsp3) is 0.625. The van der Waals surface area contributed by atoms with Crippen LogP contribution in [0.5, 0.6) is 5.75 Å². The van der Waals surface area contributed by atoms with Crippen LogP contribution < -0.4 is 10.1 Å².